The van der Waals surface area contributed by atoms with Gasteiger partial charge < -0.3 is 5.11 Å². The molecule has 11 heteroatoms. The summed E-state index contributed by atoms with van der Waals surface area (Å²) < 4.78 is 16.8. The monoisotopic (exact) mass is 387 g/mol. The molecule has 0 aromatic carbocycles. The number of Topliss-reactive ketones (excluding diaryl/α,β-unsaturated/α-hetero) is 1. The highest BCUT2D eigenvalue weighted by Crippen LogP contribution is 2.06. The van der Waals surface area contributed by atoms with Gasteiger partial charge in [0, 0.05) is 37.5 Å². The van der Waals surface area contributed by atoms with Crippen molar-refractivity contribution in [1.82, 2.24) is 35.0 Å². The molecule has 0 saturated heterocycles. The maximum absolute atomic E-state index is 14.2. The summed E-state index contributed by atoms with van der Waals surface area (Å²) in [6, 6.07) is 5.37. The van der Waals surface area contributed by atoms with Crippen molar-refractivity contribution in [1.29, 1.82) is 0 Å². The van der Waals surface area contributed by atoms with Crippen LogP contribution < -0.4 is 0 Å². The zero-order valence-corrected chi connectivity index (χ0v) is 14.8. The number of hydrogen-bond donors (Lipinski definition) is 1. The molecule has 3 rings (SSSR count). The summed E-state index contributed by atoms with van der Waals surface area (Å²) in [5, 5.41) is 23.6. The van der Waals surface area contributed by atoms with Crippen LogP contribution in [0.3, 0.4) is 0 Å². The number of aromatic nitrogens is 7. The van der Waals surface area contributed by atoms with Crippen LogP contribution in [0.1, 0.15) is 28.3 Å². The molecule has 3 aromatic heterocycles. The highest BCUT2D eigenvalue weighted by atomic mass is 19.1. The smallest absolute Gasteiger partial charge is 0.358 e. The Bertz CT molecular complexity index is 941. The van der Waals surface area contributed by atoms with Gasteiger partial charge in [-0.3, -0.25) is 14.5 Å². The molecular weight excluding hydrogens is 369 g/mol. The normalized spacial score (nSPS) is 12.0. The number of pyridine rings is 1. The zero-order chi connectivity index (χ0) is 19.9. The number of hydrogen-bond acceptors (Lipinski definition) is 7. The Labute approximate surface area is 159 Å². The lowest BCUT2D eigenvalue weighted by atomic mass is 10.1. The topological polar surface area (TPSA) is 129 Å². The standard InChI is InChI=1S/C17H18FN7O3/c18-12(4-6-24-11-16(17(27)28)21-23-24)9-25-10-14(20-22-25)8-15(26)7-13-3-1-2-5-19-13/h1-3,5,10-12H,4,6-9H2,(H,27,28). The van der Waals surface area contributed by atoms with Gasteiger partial charge in [0.05, 0.1) is 24.9 Å². The van der Waals surface area contributed by atoms with Crippen LogP contribution in [-0.4, -0.2) is 58.0 Å². The summed E-state index contributed by atoms with van der Waals surface area (Å²) >= 11 is 0. The van der Waals surface area contributed by atoms with Gasteiger partial charge in [-0.05, 0) is 12.1 Å². The number of aromatic carboxylic acids is 1. The zero-order valence-electron chi connectivity index (χ0n) is 14.8. The van der Waals surface area contributed by atoms with E-state index in [1.165, 1.54) is 15.6 Å². The number of carboxylic acids is 1. The van der Waals surface area contributed by atoms with E-state index in [2.05, 4.69) is 25.6 Å². The molecule has 1 N–H and O–H groups in total. The van der Waals surface area contributed by atoms with Crippen LogP contribution in [0.15, 0.2) is 36.8 Å². The minimum Gasteiger partial charge on any atom is -0.476 e. The van der Waals surface area contributed by atoms with E-state index in [-0.39, 0.29) is 43.8 Å². The van der Waals surface area contributed by atoms with Gasteiger partial charge in [0.2, 0.25) is 0 Å². The lowest BCUT2D eigenvalue weighted by molar-refractivity contribution is -0.117. The molecule has 28 heavy (non-hydrogen) atoms. The lowest BCUT2D eigenvalue weighted by Gasteiger charge is -2.07. The number of rotatable bonds is 10. The molecule has 0 radical (unpaired) electrons. The van der Waals surface area contributed by atoms with Crippen molar-refractivity contribution in [2.24, 2.45) is 0 Å². The molecule has 0 aliphatic rings. The second kappa shape index (κ2) is 8.93. The fraction of sp³-hybridized carbons (Fsp3) is 0.353. The van der Waals surface area contributed by atoms with Crippen LogP contribution in [0.25, 0.3) is 0 Å². The largest absolute Gasteiger partial charge is 0.476 e. The van der Waals surface area contributed by atoms with Crippen LogP contribution in [0, 0.1) is 0 Å². The van der Waals surface area contributed by atoms with Crippen LogP contribution >= 0.6 is 0 Å². The molecule has 0 spiro atoms. The van der Waals surface area contributed by atoms with Crippen molar-refractivity contribution in [2.75, 3.05) is 0 Å². The van der Waals surface area contributed by atoms with Crippen LogP contribution in [-0.2, 0) is 30.7 Å². The maximum atomic E-state index is 14.2. The minimum absolute atomic E-state index is 0.0259. The predicted molar refractivity (Wildman–Crippen MR) is 93.2 cm³/mol. The van der Waals surface area contributed by atoms with E-state index < -0.39 is 12.1 Å². The van der Waals surface area contributed by atoms with Gasteiger partial charge in [0.15, 0.2) is 5.69 Å². The highest BCUT2D eigenvalue weighted by Gasteiger charge is 2.14. The first-order chi connectivity index (χ1) is 13.5. The summed E-state index contributed by atoms with van der Waals surface area (Å²) in [6.45, 7) is 0.160. The molecular formula is C17H18FN7O3. The predicted octanol–water partition coefficient (Wildman–Crippen LogP) is 0.745. The molecule has 0 saturated carbocycles. The van der Waals surface area contributed by atoms with E-state index >= 15 is 0 Å². The summed E-state index contributed by atoms with van der Waals surface area (Å²) in [5.74, 6) is -1.24. The number of carbonyl (C=O) groups excluding carboxylic acids is 1. The second-order valence-corrected chi connectivity index (χ2v) is 6.20. The third-order valence-corrected chi connectivity index (χ3v) is 3.88. The molecule has 10 nitrogen and oxygen atoms in total. The van der Waals surface area contributed by atoms with E-state index in [1.807, 2.05) is 6.07 Å². The van der Waals surface area contributed by atoms with Gasteiger partial charge in [0.1, 0.15) is 12.0 Å². The average Bonchev–Trinajstić information content (AvgIpc) is 3.30. The highest BCUT2D eigenvalue weighted by molar-refractivity contribution is 5.84. The summed E-state index contributed by atoms with van der Waals surface area (Å²) in [7, 11) is 0. The van der Waals surface area contributed by atoms with Gasteiger partial charge in [-0.15, -0.1) is 10.2 Å². The Morgan fingerprint density at radius 2 is 1.86 bits per heavy atom. The molecule has 0 fully saturated rings. The van der Waals surface area contributed by atoms with E-state index in [9.17, 15) is 14.0 Å². The Kier molecular flexibility index (Phi) is 6.14. The van der Waals surface area contributed by atoms with Gasteiger partial charge in [-0.1, -0.05) is 16.5 Å². The van der Waals surface area contributed by atoms with Crippen molar-refractivity contribution in [2.45, 2.75) is 38.5 Å². The van der Waals surface area contributed by atoms with Gasteiger partial charge in [-0.25, -0.2) is 13.9 Å². The first kappa shape index (κ1) is 19.3. The Balaban J connectivity index is 1.45. The molecule has 146 valence electrons. The number of ketones is 1. The van der Waals surface area contributed by atoms with Gasteiger partial charge in [0.25, 0.3) is 0 Å². The summed E-state index contributed by atoms with van der Waals surface area (Å²) in [6.07, 6.45) is 3.59. The number of aryl methyl sites for hydroxylation is 1. The Morgan fingerprint density at radius 3 is 2.57 bits per heavy atom. The number of halogens is 1. The maximum Gasteiger partial charge on any atom is 0.358 e. The molecule has 0 amide bonds. The van der Waals surface area contributed by atoms with Crippen molar-refractivity contribution in [3.8, 4) is 0 Å². The Morgan fingerprint density at radius 1 is 1.07 bits per heavy atom. The molecule has 0 bridgehead atoms. The van der Waals surface area contributed by atoms with E-state index in [0.29, 0.717) is 11.4 Å². The molecule has 1 unspecified atom stereocenters. The number of alkyl halides is 1. The van der Waals surface area contributed by atoms with Crippen molar-refractivity contribution >= 4 is 11.8 Å². The first-order valence-electron chi connectivity index (χ1n) is 8.57. The summed E-state index contributed by atoms with van der Waals surface area (Å²) in [4.78, 5) is 26.9. The third-order valence-electron chi connectivity index (χ3n) is 3.88. The lowest BCUT2D eigenvalue weighted by Crippen LogP contribution is -2.15. The van der Waals surface area contributed by atoms with Crippen molar-refractivity contribution in [3.05, 3.63) is 53.9 Å². The van der Waals surface area contributed by atoms with E-state index in [0.717, 1.165) is 0 Å². The first-order valence-corrected chi connectivity index (χ1v) is 8.57. The summed E-state index contributed by atoms with van der Waals surface area (Å²) in [5.41, 5.74) is 0.963. The van der Waals surface area contributed by atoms with Crippen molar-refractivity contribution < 1.29 is 19.1 Å². The number of nitrogens with zero attached hydrogens (tertiary/aromatic N) is 7. The van der Waals surface area contributed by atoms with Crippen LogP contribution in [0.4, 0.5) is 4.39 Å². The minimum atomic E-state index is -1.24. The average molecular weight is 387 g/mol. The van der Waals surface area contributed by atoms with E-state index in [4.69, 9.17) is 5.11 Å². The van der Waals surface area contributed by atoms with Crippen molar-refractivity contribution in [3.63, 3.8) is 0 Å². The van der Waals surface area contributed by atoms with Crippen LogP contribution in [0.5, 0.6) is 0 Å². The van der Waals surface area contributed by atoms with Gasteiger partial charge in [-0.2, -0.15) is 0 Å². The molecule has 0 aliphatic heterocycles. The fourth-order valence-electron chi connectivity index (χ4n) is 2.55. The SMILES string of the molecule is O=C(Cc1ccccn1)Cc1cn(CC(F)CCn2cc(C(=O)O)nn2)nn1. The molecule has 3 aromatic rings. The number of carbonyl (C=O) groups is 2. The third kappa shape index (κ3) is 5.50. The van der Waals surface area contributed by atoms with E-state index in [1.54, 1.807) is 24.5 Å². The second-order valence-electron chi connectivity index (χ2n) is 6.20. The molecule has 0 aliphatic carbocycles. The fourth-order valence-corrected chi connectivity index (χ4v) is 2.55. The quantitative estimate of drug-likeness (QED) is 0.539. The molecule has 3 heterocycles. The number of carboxylic acid groups (broad SMARTS) is 1. The van der Waals surface area contributed by atoms with Crippen LogP contribution in [0.2, 0.25) is 0 Å². The molecule has 1 atom stereocenters. The Hall–Kier alpha value is -3.50. The van der Waals surface area contributed by atoms with Gasteiger partial charge >= 0.3 is 5.97 Å².